The first kappa shape index (κ1) is 22.3. The Morgan fingerprint density at radius 3 is 2.27 bits per heavy atom. The van der Waals surface area contributed by atoms with Gasteiger partial charge in [-0.2, -0.15) is 0 Å². The third-order valence-corrected chi connectivity index (χ3v) is 6.34. The summed E-state index contributed by atoms with van der Waals surface area (Å²) < 4.78 is 46.9. The van der Waals surface area contributed by atoms with Gasteiger partial charge in [-0.3, -0.25) is 9.52 Å². The molecule has 0 saturated carbocycles. The summed E-state index contributed by atoms with van der Waals surface area (Å²) in [7, 11) is -3.83. The molecule has 6 nitrogen and oxygen atoms in total. The number of carbonyl (C=O) groups excluding carboxylic acids is 1. The smallest absolute Gasteiger partial charge is 0.265 e. The van der Waals surface area contributed by atoms with Crippen molar-refractivity contribution in [3.63, 3.8) is 0 Å². The highest BCUT2D eigenvalue weighted by Gasteiger charge is 2.18. The van der Waals surface area contributed by atoms with Crippen LogP contribution in [-0.2, 0) is 14.8 Å². The fourth-order valence-corrected chi connectivity index (χ4v) is 4.33. The number of hydrogen-bond donors (Lipinski definition) is 2. The summed E-state index contributed by atoms with van der Waals surface area (Å²) in [5.41, 5.74) is 0.899. The second-order valence-corrected chi connectivity index (χ2v) is 9.04. The third-order valence-electron chi connectivity index (χ3n) is 4.96. The van der Waals surface area contributed by atoms with Crippen molar-refractivity contribution in [3.05, 3.63) is 96.8 Å². The van der Waals surface area contributed by atoms with E-state index in [9.17, 15) is 17.6 Å². The van der Waals surface area contributed by atoms with Crippen molar-refractivity contribution in [2.75, 3.05) is 10.0 Å². The fraction of sp³-hybridized carbons (Fsp3) is 0.0800. The van der Waals surface area contributed by atoms with E-state index in [2.05, 4.69) is 10.0 Å². The molecular weight excluding hydrogens is 443 g/mol. The van der Waals surface area contributed by atoms with Crippen LogP contribution in [0.3, 0.4) is 0 Å². The largest absolute Gasteiger partial charge is 0.481 e. The summed E-state index contributed by atoms with van der Waals surface area (Å²) in [6, 6.07) is 24.1. The molecule has 8 heteroatoms. The summed E-state index contributed by atoms with van der Waals surface area (Å²) in [4.78, 5) is 12.4. The molecule has 4 aromatic carbocycles. The van der Waals surface area contributed by atoms with Crippen molar-refractivity contribution in [1.29, 1.82) is 0 Å². The molecule has 0 radical (unpaired) electrons. The van der Waals surface area contributed by atoms with Crippen molar-refractivity contribution in [2.45, 2.75) is 17.9 Å². The van der Waals surface area contributed by atoms with E-state index in [1.807, 2.05) is 30.3 Å². The Balaban J connectivity index is 1.43. The topological polar surface area (TPSA) is 84.5 Å². The minimum Gasteiger partial charge on any atom is -0.481 e. The summed E-state index contributed by atoms with van der Waals surface area (Å²) in [5.74, 6) is -0.465. The van der Waals surface area contributed by atoms with Crippen LogP contribution >= 0.6 is 0 Å². The standard InChI is InChI=1S/C25H21FN2O4S/c1-17(32-21-13-9-19(26)10-14-21)25(29)27-20-11-15-22(16-12-20)33(30,31)28-24-8-4-6-18-5-2-3-7-23(18)24/h2-17,28H,1H3,(H,27,29). The average molecular weight is 465 g/mol. The summed E-state index contributed by atoms with van der Waals surface area (Å²) in [5, 5.41) is 4.39. The zero-order valence-corrected chi connectivity index (χ0v) is 18.5. The van der Waals surface area contributed by atoms with Crippen LogP contribution in [0.2, 0.25) is 0 Å². The number of carbonyl (C=O) groups is 1. The molecule has 4 aromatic rings. The molecule has 168 valence electrons. The summed E-state index contributed by atoms with van der Waals surface area (Å²) in [6.07, 6.45) is -0.841. The summed E-state index contributed by atoms with van der Waals surface area (Å²) >= 11 is 0. The predicted molar refractivity (Wildman–Crippen MR) is 126 cm³/mol. The molecule has 0 bridgehead atoms. The van der Waals surface area contributed by atoms with E-state index < -0.39 is 27.9 Å². The number of fused-ring (bicyclic) bond motifs is 1. The van der Waals surface area contributed by atoms with E-state index in [-0.39, 0.29) is 4.90 Å². The molecule has 0 saturated heterocycles. The van der Waals surface area contributed by atoms with Gasteiger partial charge in [0, 0.05) is 11.1 Å². The van der Waals surface area contributed by atoms with E-state index in [1.165, 1.54) is 48.5 Å². The van der Waals surface area contributed by atoms with Crippen molar-refractivity contribution in [1.82, 2.24) is 0 Å². The van der Waals surface area contributed by atoms with E-state index >= 15 is 0 Å². The minimum atomic E-state index is -3.83. The molecule has 33 heavy (non-hydrogen) atoms. The Morgan fingerprint density at radius 1 is 0.879 bits per heavy atom. The van der Waals surface area contributed by atoms with Crippen molar-refractivity contribution >= 4 is 38.1 Å². The molecule has 0 aliphatic rings. The van der Waals surface area contributed by atoms with Crippen molar-refractivity contribution in [3.8, 4) is 5.75 Å². The summed E-state index contributed by atoms with van der Waals surface area (Å²) in [6.45, 7) is 1.56. The van der Waals surface area contributed by atoms with Gasteiger partial charge >= 0.3 is 0 Å². The van der Waals surface area contributed by atoms with Gasteiger partial charge in [-0.05, 0) is 66.9 Å². The highest BCUT2D eigenvalue weighted by molar-refractivity contribution is 7.92. The number of rotatable bonds is 7. The van der Waals surface area contributed by atoms with E-state index in [4.69, 9.17) is 4.74 Å². The van der Waals surface area contributed by atoms with Gasteiger partial charge in [0.25, 0.3) is 15.9 Å². The van der Waals surface area contributed by atoms with Gasteiger partial charge < -0.3 is 10.1 Å². The van der Waals surface area contributed by atoms with Gasteiger partial charge in [0.15, 0.2) is 6.10 Å². The third kappa shape index (κ3) is 5.30. The van der Waals surface area contributed by atoms with E-state index in [0.717, 1.165) is 10.8 Å². The lowest BCUT2D eigenvalue weighted by molar-refractivity contribution is -0.122. The maximum atomic E-state index is 13.0. The van der Waals surface area contributed by atoms with Gasteiger partial charge in [-0.25, -0.2) is 12.8 Å². The maximum Gasteiger partial charge on any atom is 0.265 e. The maximum absolute atomic E-state index is 13.0. The number of halogens is 1. The molecular formula is C25H21FN2O4S. The number of nitrogens with one attached hydrogen (secondary N) is 2. The zero-order chi connectivity index (χ0) is 23.4. The predicted octanol–water partition coefficient (Wildman–Crippen LogP) is 5.19. The first-order chi connectivity index (χ1) is 15.8. The second-order valence-electron chi connectivity index (χ2n) is 7.36. The SMILES string of the molecule is CC(Oc1ccc(F)cc1)C(=O)Nc1ccc(S(=O)(=O)Nc2cccc3ccccc23)cc1. The lowest BCUT2D eigenvalue weighted by Gasteiger charge is -2.15. The van der Waals surface area contributed by atoms with Crippen LogP contribution in [0.25, 0.3) is 10.8 Å². The molecule has 0 aliphatic carbocycles. The Bertz CT molecular complexity index is 1380. The van der Waals surface area contributed by atoms with Gasteiger partial charge in [-0.15, -0.1) is 0 Å². The van der Waals surface area contributed by atoms with E-state index in [1.54, 1.807) is 19.1 Å². The van der Waals surface area contributed by atoms with Crippen molar-refractivity contribution in [2.24, 2.45) is 0 Å². The first-order valence-electron chi connectivity index (χ1n) is 10.2. The van der Waals surface area contributed by atoms with Crippen LogP contribution < -0.4 is 14.8 Å². The van der Waals surface area contributed by atoms with Crippen LogP contribution in [0.15, 0.2) is 95.9 Å². The highest BCUT2D eigenvalue weighted by atomic mass is 32.2. The number of hydrogen-bond acceptors (Lipinski definition) is 4. The molecule has 0 aromatic heterocycles. The van der Waals surface area contributed by atoms with Gasteiger partial charge in [-0.1, -0.05) is 36.4 Å². The molecule has 1 amide bonds. The van der Waals surface area contributed by atoms with Gasteiger partial charge in [0.05, 0.1) is 10.6 Å². The Kier molecular flexibility index (Phi) is 6.28. The first-order valence-corrected chi connectivity index (χ1v) is 11.6. The fourth-order valence-electron chi connectivity index (χ4n) is 3.25. The van der Waals surface area contributed by atoms with Crippen LogP contribution in [0, 0.1) is 5.82 Å². The Morgan fingerprint density at radius 2 is 1.55 bits per heavy atom. The van der Waals surface area contributed by atoms with Crippen molar-refractivity contribution < 1.29 is 22.3 Å². The molecule has 0 spiro atoms. The molecule has 1 unspecified atom stereocenters. The second kappa shape index (κ2) is 9.30. The Hall–Kier alpha value is -3.91. The number of sulfonamides is 1. The lowest BCUT2D eigenvalue weighted by atomic mass is 10.1. The number of anilines is 2. The van der Waals surface area contributed by atoms with Crippen LogP contribution in [0.5, 0.6) is 5.75 Å². The molecule has 0 fully saturated rings. The molecule has 4 rings (SSSR count). The van der Waals surface area contributed by atoms with Gasteiger partial charge in [0.2, 0.25) is 0 Å². The Labute approximate surface area is 191 Å². The number of amides is 1. The normalized spacial score (nSPS) is 12.2. The monoisotopic (exact) mass is 464 g/mol. The number of ether oxygens (including phenoxy) is 1. The zero-order valence-electron chi connectivity index (χ0n) is 17.7. The van der Waals surface area contributed by atoms with E-state index in [0.29, 0.717) is 17.1 Å². The lowest BCUT2D eigenvalue weighted by Crippen LogP contribution is -2.30. The molecule has 0 aliphatic heterocycles. The van der Waals surface area contributed by atoms with Crippen LogP contribution in [0.1, 0.15) is 6.92 Å². The molecule has 2 N–H and O–H groups in total. The average Bonchev–Trinajstić information content (AvgIpc) is 2.81. The molecule has 0 heterocycles. The molecule has 1 atom stereocenters. The minimum absolute atomic E-state index is 0.0593. The number of benzene rings is 4. The van der Waals surface area contributed by atoms with Crippen LogP contribution in [-0.4, -0.2) is 20.4 Å². The van der Waals surface area contributed by atoms with Crippen LogP contribution in [0.4, 0.5) is 15.8 Å². The van der Waals surface area contributed by atoms with Gasteiger partial charge in [0.1, 0.15) is 11.6 Å². The quantitative estimate of drug-likeness (QED) is 0.394. The highest BCUT2D eigenvalue weighted by Crippen LogP contribution is 2.26.